The van der Waals surface area contributed by atoms with Gasteiger partial charge in [-0.3, -0.25) is 9.69 Å². The van der Waals surface area contributed by atoms with Gasteiger partial charge in [-0.2, -0.15) is 4.31 Å². The molecule has 0 N–H and O–H groups in total. The molecule has 1 saturated heterocycles. The van der Waals surface area contributed by atoms with Gasteiger partial charge in [-0.05, 0) is 33.5 Å². The molecule has 134 valence electrons. The van der Waals surface area contributed by atoms with E-state index in [4.69, 9.17) is 0 Å². The number of amides is 1. The number of hydrogen-bond donors (Lipinski definition) is 0. The number of rotatable bonds is 5. The van der Waals surface area contributed by atoms with E-state index >= 15 is 0 Å². The number of nitrogens with zero attached hydrogens (tertiary/aromatic N) is 3. The molecule has 24 heavy (non-hydrogen) atoms. The Morgan fingerprint density at radius 3 is 2.12 bits per heavy atom. The number of likely N-dealkylation sites (N-methyl/N-ethyl adjacent to an activating group) is 1. The number of piperazine rings is 1. The average molecular weight is 353 g/mol. The lowest BCUT2D eigenvalue weighted by Gasteiger charge is -2.37. The molecule has 0 bridgehead atoms. The summed E-state index contributed by atoms with van der Waals surface area (Å²) in [6, 6.07) is 7.63. The van der Waals surface area contributed by atoms with Crippen LogP contribution < -0.4 is 0 Å². The lowest BCUT2D eigenvalue weighted by Crippen LogP contribution is -2.53. The van der Waals surface area contributed by atoms with Crippen LogP contribution in [-0.4, -0.2) is 74.5 Å². The van der Waals surface area contributed by atoms with E-state index in [9.17, 15) is 13.2 Å². The second-order valence-electron chi connectivity index (χ2n) is 6.40. The van der Waals surface area contributed by atoms with Crippen molar-refractivity contribution < 1.29 is 13.2 Å². The lowest BCUT2D eigenvalue weighted by atomic mass is 10.0. The van der Waals surface area contributed by atoms with Crippen molar-refractivity contribution in [1.82, 2.24) is 14.1 Å². The SMILES string of the molecule is CCS(=O)(=O)N1CCN(C(=O)C(c2ccc(C)cc2)N(C)C)CC1. The summed E-state index contributed by atoms with van der Waals surface area (Å²) < 4.78 is 25.4. The van der Waals surface area contributed by atoms with Crippen LogP contribution >= 0.6 is 0 Å². The zero-order valence-corrected chi connectivity index (χ0v) is 15.7. The van der Waals surface area contributed by atoms with Gasteiger partial charge < -0.3 is 4.90 Å². The van der Waals surface area contributed by atoms with Gasteiger partial charge in [-0.1, -0.05) is 29.8 Å². The molecule has 1 aromatic rings. The van der Waals surface area contributed by atoms with Crippen molar-refractivity contribution in [3.05, 3.63) is 35.4 Å². The molecule has 1 heterocycles. The molecule has 0 spiro atoms. The van der Waals surface area contributed by atoms with E-state index in [0.29, 0.717) is 26.2 Å². The highest BCUT2D eigenvalue weighted by Crippen LogP contribution is 2.22. The van der Waals surface area contributed by atoms with Crippen molar-refractivity contribution >= 4 is 15.9 Å². The molecule has 0 radical (unpaired) electrons. The Morgan fingerprint density at radius 1 is 1.12 bits per heavy atom. The van der Waals surface area contributed by atoms with Gasteiger partial charge in [0.2, 0.25) is 15.9 Å². The fourth-order valence-electron chi connectivity index (χ4n) is 2.95. The predicted octanol–water partition coefficient (Wildman–Crippen LogP) is 1.09. The minimum absolute atomic E-state index is 0.0254. The first kappa shape index (κ1) is 18.9. The van der Waals surface area contributed by atoms with Crippen molar-refractivity contribution in [3.63, 3.8) is 0 Å². The second-order valence-corrected chi connectivity index (χ2v) is 8.66. The Hall–Kier alpha value is -1.44. The maximum atomic E-state index is 13.0. The fraction of sp³-hybridized carbons (Fsp3) is 0.588. The normalized spacial score (nSPS) is 18.0. The average Bonchev–Trinajstić information content (AvgIpc) is 2.56. The molecule has 0 saturated carbocycles. The summed E-state index contributed by atoms with van der Waals surface area (Å²) in [6.45, 7) is 5.28. The van der Waals surface area contributed by atoms with Crippen molar-refractivity contribution in [3.8, 4) is 0 Å². The second kappa shape index (κ2) is 7.63. The highest BCUT2D eigenvalue weighted by atomic mass is 32.2. The van der Waals surface area contributed by atoms with Gasteiger partial charge >= 0.3 is 0 Å². The molecule has 1 aliphatic heterocycles. The molecule has 0 aliphatic carbocycles. The number of benzene rings is 1. The molecule has 7 heteroatoms. The number of hydrogen-bond acceptors (Lipinski definition) is 4. The number of sulfonamides is 1. The Kier molecular flexibility index (Phi) is 6.01. The van der Waals surface area contributed by atoms with Crippen LogP contribution in [0.2, 0.25) is 0 Å². The van der Waals surface area contributed by atoms with E-state index in [2.05, 4.69) is 0 Å². The van der Waals surface area contributed by atoms with Crippen LogP contribution in [0.5, 0.6) is 0 Å². The summed E-state index contributed by atoms with van der Waals surface area (Å²) in [5, 5.41) is 0. The topological polar surface area (TPSA) is 60.9 Å². The Labute approximate surface area is 145 Å². The minimum Gasteiger partial charge on any atom is -0.338 e. The van der Waals surface area contributed by atoms with Crippen LogP contribution in [-0.2, 0) is 14.8 Å². The van der Waals surface area contributed by atoms with Crippen molar-refractivity contribution in [2.45, 2.75) is 19.9 Å². The van der Waals surface area contributed by atoms with E-state index in [1.807, 2.05) is 50.2 Å². The summed E-state index contributed by atoms with van der Waals surface area (Å²) in [5.74, 6) is 0.127. The summed E-state index contributed by atoms with van der Waals surface area (Å²) >= 11 is 0. The van der Waals surface area contributed by atoms with Gasteiger partial charge in [-0.15, -0.1) is 0 Å². The first-order chi connectivity index (χ1) is 11.3. The molecule has 1 atom stereocenters. The zero-order valence-electron chi connectivity index (χ0n) is 14.9. The first-order valence-electron chi connectivity index (χ1n) is 8.26. The molecule has 1 amide bonds. The largest absolute Gasteiger partial charge is 0.338 e. The van der Waals surface area contributed by atoms with Crippen LogP contribution in [0.15, 0.2) is 24.3 Å². The van der Waals surface area contributed by atoms with Gasteiger partial charge in [0.25, 0.3) is 0 Å². The highest BCUT2D eigenvalue weighted by molar-refractivity contribution is 7.89. The summed E-state index contributed by atoms with van der Waals surface area (Å²) in [5.41, 5.74) is 2.11. The first-order valence-corrected chi connectivity index (χ1v) is 9.86. The Bertz CT molecular complexity index is 663. The molecule has 0 aromatic heterocycles. The van der Waals surface area contributed by atoms with Gasteiger partial charge in [0.05, 0.1) is 5.75 Å². The summed E-state index contributed by atoms with van der Waals surface area (Å²) in [7, 11) is 0.599. The lowest BCUT2D eigenvalue weighted by molar-refractivity contribution is -0.137. The van der Waals surface area contributed by atoms with E-state index in [-0.39, 0.29) is 17.7 Å². The van der Waals surface area contributed by atoms with E-state index in [0.717, 1.165) is 11.1 Å². The molecule has 6 nitrogen and oxygen atoms in total. The van der Waals surface area contributed by atoms with Crippen molar-refractivity contribution in [2.24, 2.45) is 0 Å². The molecule has 1 aromatic carbocycles. The van der Waals surface area contributed by atoms with Crippen LogP contribution in [0.3, 0.4) is 0 Å². The predicted molar refractivity (Wildman–Crippen MR) is 95.2 cm³/mol. The highest BCUT2D eigenvalue weighted by Gasteiger charge is 2.32. The van der Waals surface area contributed by atoms with Gasteiger partial charge in [-0.25, -0.2) is 8.42 Å². The van der Waals surface area contributed by atoms with Crippen molar-refractivity contribution in [1.29, 1.82) is 0 Å². The molecule has 1 aliphatic rings. The van der Waals surface area contributed by atoms with Crippen LogP contribution in [0.25, 0.3) is 0 Å². The van der Waals surface area contributed by atoms with Gasteiger partial charge in [0.15, 0.2) is 0 Å². The third-order valence-electron chi connectivity index (χ3n) is 4.45. The minimum atomic E-state index is -3.18. The maximum absolute atomic E-state index is 13.0. The number of aryl methyl sites for hydroxylation is 1. The van der Waals surface area contributed by atoms with Crippen LogP contribution in [0.1, 0.15) is 24.1 Å². The quantitative estimate of drug-likeness (QED) is 0.795. The van der Waals surface area contributed by atoms with E-state index in [1.54, 1.807) is 11.8 Å². The molecular weight excluding hydrogens is 326 g/mol. The molecule has 2 rings (SSSR count). The molecular formula is C17H27N3O3S. The number of carbonyl (C=O) groups is 1. The number of carbonyl (C=O) groups excluding carboxylic acids is 1. The Morgan fingerprint density at radius 2 is 1.67 bits per heavy atom. The third-order valence-corrected chi connectivity index (χ3v) is 6.33. The van der Waals surface area contributed by atoms with Crippen LogP contribution in [0, 0.1) is 6.92 Å². The Balaban J connectivity index is 2.11. The maximum Gasteiger partial charge on any atom is 0.244 e. The van der Waals surface area contributed by atoms with Gasteiger partial charge in [0.1, 0.15) is 6.04 Å². The fourth-order valence-corrected chi connectivity index (χ4v) is 4.04. The van der Waals surface area contributed by atoms with Crippen molar-refractivity contribution in [2.75, 3.05) is 46.0 Å². The molecule has 1 fully saturated rings. The summed E-state index contributed by atoms with van der Waals surface area (Å²) in [6.07, 6.45) is 0. The smallest absolute Gasteiger partial charge is 0.244 e. The van der Waals surface area contributed by atoms with Crippen LogP contribution in [0.4, 0.5) is 0 Å². The van der Waals surface area contributed by atoms with E-state index in [1.165, 1.54) is 4.31 Å². The monoisotopic (exact) mass is 353 g/mol. The zero-order chi connectivity index (χ0) is 17.9. The summed E-state index contributed by atoms with van der Waals surface area (Å²) in [4.78, 5) is 16.6. The van der Waals surface area contributed by atoms with Gasteiger partial charge in [0, 0.05) is 26.2 Å². The molecule has 1 unspecified atom stereocenters. The standard InChI is InChI=1S/C17H27N3O3S/c1-5-24(22,23)20-12-10-19(11-13-20)17(21)16(18(3)4)15-8-6-14(2)7-9-15/h6-9,16H,5,10-13H2,1-4H3. The third kappa shape index (κ3) is 4.15. The van der Waals surface area contributed by atoms with E-state index < -0.39 is 10.0 Å².